The molecule has 2 N–H and O–H groups in total. The molecule has 1 aromatic rings. The van der Waals surface area contributed by atoms with E-state index in [0.717, 1.165) is 19.3 Å². The number of carbonyl (C=O) groups is 2. The Morgan fingerprint density at radius 3 is 2.93 bits per heavy atom. The summed E-state index contributed by atoms with van der Waals surface area (Å²) in [5.41, 5.74) is 2.60. The minimum absolute atomic E-state index is 0.0182. The number of carbonyl (C=O) groups excluding carboxylic acids is 2. The normalized spacial score (nSPS) is 30.6. The molecular weight excluding hydrogens is 382 g/mol. The molecule has 0 bridgehead atoms. The van der Waals surface area contributed by atoms with Crippen molar-refractivity contribution in [1.29, 1.82) is 0 Å². The first-order chi connectivity index (χ1) is 13.2. The molecule has 0 radical (unpaired) electrons. The quantitative estimate of drug-likeness (QED) is 0.451. The molecule has 1 amide bonds. The standard InChI is InChI=1S/C19H23N3O3S2/c23-17(14-6-5-12-3-1-2-4-13(12)7-14)18-16(20-10-27-18)19(24)22-11-26-9-15(22)8-21-25/h1-4,8,14-16,18,20,25H,5-7,9-11H2/t14-,15+,16-,18?/m0/s1. The van der Waals surface area contributed by atoms with Crippen LogP contribution in [0.2, 0.25) is 0 Å². The van der Waals surface area contributed by atoms with Crippen LogP contribution in [-0.4, -0.2) is 62.9 Å². The average Bonchev–Trinajstić information content (AvgIpc) is 3.36. The highest BCUT2D eigenvalue weighted by Gasteiger charge is 2.44. The number of oxime groups is 1. The Labute approximate surface area is 167 Å². The zero-order chi connectivity index (χ0) is 18.8. The van der Waals surface area contributed by atoms with E-state index in [1.54, 1.807) is 16.7 Å². The van der Waals surface area contributed by atoms with E-state index in [9.17, 15) is 9.59 Å². The van der Waals surface area contributed by atoms with Gasteiger partial charge in [0.05, 0.1) is 23.4 Å². The van der Waals surface area contributed by atoms with E-state index in [-0.39, 0.29) is 28.9 Å². The van der Waals surface area contributed by atoms with Gasteiger partial charge in [0.25, 0.3) is 0 Å². The number of rotatable bonds is 4. The maximum atomic E-state index is 13.2. The van der Waals surface area contributed by atoms with E-state index in [4.69, 9.17) is 5.21 Å². The Kier molecular flexibility index (Phi) is 5.75. The summed E-state index contributed by atoms with van der Waals surface area (Å²) >= 11 is 3.17. The third-order valence-corrected chi connectivity index (χ3v) is 7.84. The number of hydrogen-bond acceptors (Lipinski definition) is 7. The van der Waals surface area contributed by atoms with Crippen molar-refractivity contribution >= 4 is 41.4 Å². The van der Waals surface area contributed by atoms with Crippen LogP contribution >= 0.6 is 23.5 Å². The van der Waals surface area contributed by atoms with Crippen LogP contribution in [0.1, 0.15) is 17.5 Å². The molecular formula is C19H23N3O3S2. The van der Waals surface area contributed by atoms with Gasteiger partial charge in [-0.15, -0.1) is 23.5 Å². The highest BCUT2D eigenvalue weighted by Crippen LogP contribution is 2.33. The van der Waals surface area contributed by atoms with E-state index >= 15 is 0 Å². The Bertz CT molecular complexity index is 757. The topological polar surface area (TPSA) is 82.0 Å². The van der Waals surface area contributed by atoms with Gasteiger partial charge < -0.3 is 10.1 Å². The lowest BCUT2D eigenvalue weighted by molar-refractivity contribution is -0.135. The predicted molar refractivity (Wildman–Crippen MR) is 108 cm³/mol. The largest absolute Gasteiger partial charge is 0.411 e. The van der Waals surface area contributed by atoms with Crippen molar-refractivity contribution in [3.05, 3.63) is 35.4 Å². The van der Waals surface area contributed by atoms with Crippen LogP contribution in [0.15, 0.2) is 29.4 Å². The molecule has 1 unspecified atom stereocenters. The molecule has 4 rings (SSSR count). The van der Waals surface area contributed by atoms with Crippen molar-refractivity contribution < 1.29 is 14.8 Å². The summed E-state index contributed by atoms with van der Waals surface area (Å²) in [4.78, 5) is 28.0. The van der Waals surface area contributed by atoms with Crippen molar-refractivity contribution in [1.82, 2.24) is 10.2 Å². The maximum Gasteiger partial charge on any atom is 0.242 e. The number of fused-ring (bicyclic) bond motifs is 1. The van der Waals surface area contributed by atoms with Gasteiger partial charge in [-0.25, -0.2) is 0 Å². The highest BCUT2D eigenvalue weighted by molar-refractivity contribution is 8.01. The first-order valence-corrected chi connectivity index (χ1v) is 11.4. The van der Waals surface area contributed by atoms with E-state index in [0.29, 0.717) is 17.5 Å². The average molecular weight is 406 g/mol. The van der Waals surface area contributed by atoms with E-state index in [2.05, 4.69) is 22.6 Å². The number of aryl methyl sites for hydroxylation is 1. The zero-order valence-electron chi connectivity index (χ0n) is 14.9. The fourth-order valence-corrected chi connectivity index (χ4v) is 6.48. The molecule has 2 aliphatic heterocycles. The number of Topliss-reactive ketones (excluding diaryl/α,β-unsaturated/α-hetero) is 1. The molecule has 2 fully saturated rings. The van der Waals surface area contributed by atoms with Gasteiger partial charge in [-0.2, -0.15) is 0 Å². The number of thioether (sulfide) groups is 2. The molecule has 144 valence electrons. The number of nitrogens with zero attached hydrogens (tertiary/aromatic N) is 2. The second-order valence-corrected chi connectivity index (χ2v) is 9.29. The molecule has 0 aromatic heterocycles. The van der Waals surface area contributed by atoms with Gasteiger partial charge in [-0.05, 0) is 30.4 Å². The molecule has 1 aliphatic carbocycles. The zero-order valence-corrected chi connectivity index (χ0v) is 16.5. The van der Waals surface area contributed by atoms with Crippen LogP contribution in [0.3, 0.4) is 0 Å². The molecule has 8 heteroatoms. The van der Waals surface area contributed by atoms with Crippen LogP contribution < -0.4 is 5.32 Å². The van der Waals surface area contributed by atoms with Gasteiger partial charge in [0.15, 0.2) is 5.78 Å². The van der Waals surface area contributed by atoms with Crippen LogP contribution in [0, 0.1) is 5.92 Å². The molecule has 0 saturated carbocycles. The molecule has 27 heavy (non-hydrogen) atoms. The van der Waals surface area contributed by atoms with Crippen molar-refractivity contribution in [2.45, 2.75) is 36.6 Å². The van der Waals surface area contributed by atoms with Gasteiger partial charge in [0.1, 0.15) is 6.04 Å². The Hall–Kier alpha value is -1.51. The fraction of sp³-hybridized carbons (Fsp3) is 0.526. The van der Waals surface area contributed by atoms with Crippen molar-refractivity contribution in [3.8, 4) is 0 Å². The summed E-state index contributed by atoms with van der Waals surface area (Å²) in [7, 11) is 0. The van der Waals surface area contributed by atoms with Crippen molar-refractivity contribution in [2.75, 3.05) is 17.5 Å². The van der Waals surface area contributed by atoms with Crippen LogP contribution in [0.4, 0.5) is 0 Å². The lowest BCUT2D eigenvalue weighted by atomic mass is 9.80. The van der Waals surface area contributed by atoms with Gasteiger partial charge >= 0.3 is 0 Å². The maximum absolute atomic E-state index is 13.2. The van der Waals surface area contributed by atoms with Gasteiger partial charge in [0, 0.05) is 17.5 Å². The molecule has 2 heterocycles. The summed E-state index contributed by atoms with van der Waals surface area (Å²) in [6.07, 6.45) is 3.95. The van der Waals surface area contributed by atoms with E-state index in [1.165, 1.54) is 29.1 Å². The smallest absolute Gasteiger partial charge is 0.242 e. The Balaban J connectivity index is 1.47. The molecule has 2 saturated heterocycles. The fourth-order valence-electron chi connectivity index (χ4n) is 4.13. The first-order valence-electron chi connectivity index (χ1n) is 9.20. The second kappa shape index (κ2) is 8.24. The van der Waals surface area contributed by atoms with E-state index in [1.807, 2.05) is 12.1 Å². The third-order valence-electron chi connectivity index (χ3n) is 5.61. The van der Waals surface area contributed by atoms with Crippen LogP contribution in [0.5, 0.6) is 0 Å². The Morgan fingerprint density at radius 1 is 1.30 bits per heavy atom. The summed E-state index contributed by atoms with van der Waals surface area (Å²) < 4.78 is 0. The minimum atomic E-state index is -0.493. The molecule has 0 spiro atoms. The predicted octanol–water partition coefficient (Wildman–Crippen LogP) is 1.75. The molecule has 1 aromatic carbocycles. The second-order valence-electron chi connectivity index (χ2n) is 7.16. The van der Waals surface area contributed by atoms with E-state index < -0.39 is 6.04 Å². The summed E-state index contributed by atoms with van der Waals surface area (Å²) in [5.74, 6) is 2.00. The lowest BCUT2D eigenvalue weighted by Gasteiger charge is -2.29. The van der Waals surface area contributed by atoms with Crippen molar-refractivity contribution in [3.63, 3.8) is 0 Å². The third kappa shape index (κ3) is 3.75. The van der Waals surface area contributed by atoms with Gasteiger partial charge in [0.2, 0.25) is 5.91 Å². The number of nitrogens with one attached hydrogen (secondary N) is 1. The van der Waals surface area contributed by atoms with Gasteiger partial charge in [-0.1, -0.05) is 29.4 Å². The monoisotopic (exact) mass is 405 g/mol. The number of hydrogen-bond donors (Lipinski definition) is 2. The summed E-state index contributed by atoms with van der Waals surface area (Å²) in [5, 5.41) is 14.8. The SMILES string of the molecule is O=C(C1SCN[C@@H]1C(=O)N1CSC[C@H]1C=NO)[C@H]1CCc2ccccc2C1. The van der Waals surface area contributed by atoms with Crippen LogP contribution in [0.25, 0.3) is 0 Å². The Morgan fingerprint density at radius 2 is 2.11 bits per heavy atom. The summed E-state index contributed by atoms with van der Waals surface area (Å²) in [6, 6.07) is 7.62. The molecule has 6 nitrogen and oxygen atoms in total. The minimum Gasteiger partial charge on any atom is -0.411 e. The molecule has 4 atom stereocenters. The first kappa shape index (κ1) is 18.8. The number of amides is 1. The number of benzene rings is 1. The summed E-state index contributed by atoms with van der Waals surface area (Å²) in [6.45, 7) is 0. The molecule has 3 aliphatic rings. The highest BCUT2D eigenvalue weighted by atomic mass is 32.2. The van der Waals surface area contributed by atoms with Gasteiger partial charge in [-0.3, -0.25) is 14.9 Å². The van der Waals surface area contributed by atoms with Crippen LogP contribution in [-0.2, 0) is 22.4 Å². The van der Waals surface area contributed by atoms with Crippen molar-refractivity contribution in [2.24, 2.45) is 11.1 Å². The lowest BCUT2D eigenvalue weighted by Crippen LogP contribution is -2.52. The number of ketones is 1.